The third-order valence-electron chi connectivity index (χ3n) is 11.3. The van der Waals surface area contributed by atoms with Crippen molar-refractivity contribution in [1.82, 2.24) is 15.1 Å². The molecule has 184 valence electrons. The number of carbonyl (C=O) groups excluding carboxylic acids is 1. The Morgan fingerprint density at radius 2 is 1.31 bits per heavy atom. The van der Waals surface area contributed by atoms with Crippen LogP contribution < -0.4 is 5.32 Å². The van der Waals surface area contributed by atoms with E-state index < -0.39 is 0 Å². The number of nitrogens with one attached hydrogen (secondary N) is 1. The SMILES string of the molecule is O=C(NCC12CC3CC(CC(C3)C1)C2)c1cn(-c2ccccc2)nc1C12CC3CC(CC(C3)C1)C2. The van der Waals surface area contributed by atoms with Crippen LogP contribution in [0.15, 0.2) is 36.5 Å². The zero-order valence-corrected chi connectivity index (χ0v) is 20.9. The van der Waals surface area contributed by atoms with Gasteiger partial charge in [0.2, 0.25) is 0 Å². The van der Waals surface area contributed by atoms with E-state index in [0.717, 1.165) is 59.0 Å². The fourth-order valence-corrected chi connectivity index (χ4v) is 10.9. The average Bonchev–Trinajstić information content (AvgIpc) is 3.28. The molecule has 2 aromatic rings. The summed E-state index contributed by atoms with van der Waals surface area (Å²) in [6.45, 7) is 0.867. The van der Waals surface area contributed by atoms with E-state index in [1.165, 1.54) is 77.0 Å². The molecule has 0 aliphatic heterocycles. The maximum atomic E-state index is 13.9. The highest BCUT2D eigenvalue weighted by Crippen LogP contribution is 2.61. The van der Waals surface area contributed by atoms with Crippen molar-refractivity contribution in [3.8, 4) is 5.69 Å². The normalized spacial score (nSPS) is 42.5. The molecule has 0 unspecified atom stereocenters. The van der Waals surface area contributed by atoms with Crippen LogP contribution in [0.4, 0.5) is 0 Å². The summed E-state index contributed by atoms with van der Waals surface area (Å²) in [5, 5.41) is 8.72. The molecule has 4 nitrogen and oxygen atoms in total. The first-order valence-electron chi connectivity index (χ1n) is 14.5. The van der Waals surface area contributed by atoms with E-state index in [1.807, 2.05) is 10.7 Å². The van der Waals surface area contributed by atoms with Gasteiger partial charge in [-0.25, -0.2) is 4.68 Å². The van der Waals surface area contributed by atoms with Gasteiger partial charge in [0, 0.05) is 18.2 Å². The lowest BCUT2D eigenvalue weighted by Gasteiger charge is -2.57. The van der Waals surface area contributed by atoms with Gasteiger partial charge >= 0.3 is 0 Å². The van der Waals surface area contributed by atoms with Crippen LogP contribution in [0.2, 0.25) is 0 Å². The fourth-order valence-electron chi connectivity index (χ4n) is 10.9. The third kappa shape index (κ3) is 3.38. The summed E-state index contributed by atoms with van der Waals surface area (Å²) in [6, 6.07) is 10.4. The van der Waals surface area contributed by atoms with Gasteiger partial charge in [-0.3, -0.25) is 4.79 Å². The van der Waals surface area contributed by atoms with Crippen LogP contribution in [0.25, 0.3) is 5.69 Å². The Morgan fingerprint density at radius 3 is 1.86 bits per heavy atom. The van der Waals surface area contributed by atoms with Crippen LogP contribution in [0.1, 0.15) is 93.1 Å². The average molecular weight is 470 g/mol. The van der Waals surface area contributed by atoms with Crippen molar-refractivity contribution in [1.29, 1.82) is 0 Å². The minimum Gasteiger partial charge on any atom is -0.351 e. The quantitative estimate of drug-likeness (QED) is 0.560. The smallest absolute Gasteiger partial charge is 0.254 e. The van der Waals surface area contributed by atoms with Crippen molar-refractivity contribution in [3.05, 3.63) is 47.8 Å². The second-order valence-corrected chi connectivity index (χ2v) is 14.0. The molecule has 1 aromatic heterocycles. The highest BCUT2D eigenvalue weighted by atomic mass is 16.1. The molecule has 4 heteroatoms. The first-order valence-corrected chi connectivity index (χ1v) is 14.5. The monoisotopic (exact) mass is 469 g/mol. The van der Waals surface area contributed by atoms with Gasteiger partial charge in [-0.05, 0) is 130 Å². The van der Waals surface area contributed by atoms with E-state index in [9.17, 15) is 4.79 Å². The Kier molecular flexibility index (Phi) is 4.48. The Morgan fingerprint density at radius 1 is 0.800 bits per heavy atom. The van der Waals surface area contributed by atoms with Crippen LogP contribution in [-0.4, -0.2) is 22.2 Å². The van der Waals surface area contributed by atoms with Gasteiger partial charge in [0.05, 0.1) is 16.9 Å². The molecule has 1 N–H and O–H groups in total. The second kappa shape index (κ2) is 7.46. The molecule has 0 atom stereocenters. The molecule has 8 bridgehead atoms. The van der Waals surface area contributed by atoms with Crippen LogP contribution >= 0.6 is 0 Å². The van der Waals surface area contributed by atoms with Gasteiger partial charge in [-0.15, -0.1) is 0 Å². The zero-order valence-electron chi connectivity index (χ0n) is 20.9. The minimum atomic E-state index is 0.113. The van der Waals surface area contributed by atoms with Gasteiger partial charge in [0.15, 0.2) is 0 Å². The summed E-state index contributed by atoms with van der Waals surface area (Å²) in [7, 11) is 0. The number of rotatable bonds is 5. The molecule has 0 spiro atoms. The van der Waals surface area contributed by atoms with Gasteiger partial charge in [-0.2, -0.15) is 5.10 Å². The summed E-state index contributed by atoms with van der Waals surface area (Å²) in [6.07, 6.45) is 18.4. The van der Waals surface area contributed by atoms with E-state index in [0.29, 0.717) is 5.41 Å². The summed E-state index contributed by atoms with van der Waals surface area (Å²) in [4.78, 5) is 13.9. The van der Waals surface area contributed by atoms with Crippen LogP contribution in [0.5, 0.6) is 0 Å². The zero-order chi connectivity index (χ0) is 23.2. The molecule has 1 amide bonds. The van der Waals surface area contributed by atoms with Gasteiger partial charge < -0.3 is 5.32 Å². The first-order chi connectivity index (χ1) is 17.0. The van der Waals surface area contributed by atoms with E-state index in [-0.39, 0.29) is 11.3 Å². The minimum absolute atomic E-state index is 0.113. The highest BCUT2D eigenvalue weighted by molar-refractivity contribution is 5.95. The van der Waals surface area contributed by atoms with Crippen LogP contribution in [0.3, 0.4) is 0 Å². The number of nitrogens with zero attached hydrogens (tertiary/aromatic N) is 2. The number of carbonyl (C=O) groups is 1. The number of hydrogen-bond donors (Lipinski definition) is 1. The van der Waals surface area contributed by atoms with E-state index in [4.69, 9.17) is 5.10 Å². The number of hydrogen-bond acceptors (Lipinski definition) is 2. The predicted octanol–water partition coefficient (Wildman–Crippen LogP) is 6.29. The largest absolute Gasteiger partial charge is 0.351 e. The first kappa shape index (κ1) is 21.0. The maximum absolute atomic E-state index is 13.9. The molecule has 8 fully saturated rings. The molecule has 8 aliphatic carbocycles. The molecule has 0 radical (unpaired) electrons. The van der Waals surface area contributed by atoms with Gasteiger partial charge in [0.25, 0.3) is 5.91 Å². The van der Waals surface area contributed by atoms with Crippen LogP contribution in [0, 0.1) is 40.9 Å². The molecule has 8 saturated carbocycles. The van der Waals surface area contributed by atoms with Crippen molar-refractivity contribution < 1.29 is 4.79 Å². The van der Waals surface area contributed by atoms with Gasteiger partial charge in [-0.1, -0.05) is 18.2 Å². The molecule has 35 heavy (non-hydrogen) atoms. The van der Waals surface area contributed by atoms with Crippen molar-refractivity contribution in [2.24, 2.45) is 40.9 Å². The second-order valence-electron chi connectivity index (χ2n) is 14.0. The number of para-hydroxylation sites is 1. The summed E-state index contributed by atoms with van der Waals surface area (Å²) >= 11 is 0. The molecule has 1 aromatic carbocycles. The maximum Gasteiger partial charge on any atom is 0.254 e. The topological polar surface area (TPSA) is 46.9 Å². The number of benzene rings is 1. The Balaban J connectivity index is 1.12. The summed E-state index contributed by atoms with van der Waals surface area (Å²) in [5.41, 5.74) is 3.51. The Labute approximate surface area is 209 Å². The Hall–Kier alpha value is -2.10. The van der Waals surface area contributed by atoms with E-state index in [2.05, 4.69) is 35.8 Å². The van der Waals surface area contributed by atoms with Gasteiger partial charge in [0.1, 0.15) is 0 Å². The lowest BCUT2D eigenvalue weighted by molar-refractivity contribution is -0.0503. The highest BCUT2D eigenvalue weighted by Gasteiger charge is 2.54. The third-order valence-corrected chi connectivity index (χ3v) is 11.3. The molecular weight excluding hydrogens is 430 g/mol. The summed E-state index contributed by atoms with van der Waals surface area (Å²) < 4.78 is 1.99. The van der Waals surface area contributed by atoms with E-state index >= 15 is 0 Å². The number of aromatic nitrogens is 2. The fraction of sp³-hybridized carbons (Fsp3) is 0.677. The van der Waals surface area contributed by atoms with Crippen molar-refractivity contribution in [3.63, 3.8) is 0 Å². The standard InChI is InChI=1S/C31H39N3O/c35-29(32-19-30-12-20-6-21(13-30)8-22(7-20)14-30)27-18-34(26-4-2-1-3-5-26)33-28(27)31-15-23-9-24(16-31)11-25(10-23)17-31/h1-5,18,20-25H,6-17,19H2,(H,32,35). The molecule has 0 saturated heterocycles. The summed E-state index contributed by atoms with van der Waals surface area (Å²) in [5.74, 6) is 5.40. The van der Waals surface area contributed by atoms with Crippen molar-refractivity contribution >= 4 is 5.91 Å². The lowest BCUT2D eigenvalue weighted by Crippen LogP contribution is -2.51. The van der Waals surface area contributed by atoms with Crippen molar-refractivity contribution in [2.75, 3.05) is 6.54 Å². The lowest BCUT2D eigenvalue weighted by atomic mass is 9.48. The predicted molar refractivity (Wildman–Crippen MR) is 136 cm³/mol. The number of amides is 1. The molecule has 8 aliphatic rings. The van der Waals surface area contributed by atoms with E-state index in [1.54, 1.807) is 0 Å². The molecular formula is C31H39N3O. The molecule has 10 rings (SSSR count). The Bertz CT molecular complexity index is 1080. The molecule has 1 heterocycles. The van der Waals surface area contributed by atoms with Crippen LogP contribution in [-0.2, 0) is 5.41 Å². The van der Waals surface area contributed by atoms with Crippen molar-refractivity contribution in [2.45, 2.75) is 82.5 Å².